The SMILES string of the molecule is C=CCPCCCCC.[LiH].[LiH]. The van der Waals surface area contributed by atoms with Crippen LogP contribution in [0.1, 0.15) is 26.2 Å². The maximum atomic E-state index is 3.69. The molecule has 0 aromatic carbocycles. The van der Waals surface area contributed by atoms with E-state index in [1.54, 1.807) is 0 Å². The summed E-state index contributed by atoms with van der Waals surface area (Å²) >= 11 is 0. The van der Waals surface area contributed by atoms with Gasteiger partial charge in [0.1, 0.15) is 0 Å². The zero-order valence-electron chi connectivity index (χ0n) is 6.32. The fraction of sp³-hybridized carbons (Fsp3) is 0.750. The van der Waals surface area contributed by atoms with Crippen LogP contribution >= 0.6 is 8.58 Å². The van der Waals surface area contributed by atoms with Crippen LogP contribution in [0, 0.1) is 0 Å². The average molecular weight is 160 g/mol. The van der Waals surface area contributed by atoms with Gasteiger partial charge in [0, 0.05) is 0 Å². The molecule has 0 aliphatic heterocycles. The Hall–Kier alpha value is 1.36. The average Bonchev–Trinajstić information content (AvgIpc) is 1.89. The minimum absolute atomic E-state index is 0. The van der Waals surface area contributed by atoms with Gasteiger partial charge in [-0.25, -0.2) is 0 Å². The van der Waals surface area contributed by atoms with E-state index in [9.17, 15) is 0 Å². The summed E-state index contributed by atoms with van der Waals surface area (Å²) in [5.74, 6) is 0. The van der Waals surface area contributed by atoms with Crippen LogP contribution in [-0.4, -0.2) is 50.0 Å². The minimum atomic E-state index is 0. The van der Waals surface area contributed by atoms with Crippen molar-refractivity contribution in [2.45, 2.75) is 26.2 Å². The summed E-state index contributed by atoms with van der Waals surface area (Å²) < 4.78 is 0. The fourth-order valence-electron chi connectivity index (χ4n) is 0.704. The molecule has 0 amide bonds. The molecule has 3 heteroatoms. The second kappa shape index (κ2) is 17.4. The Morgan fingerprint density at radius 3 is 2.36 bits per heavy atom. The molecule has 0 saturated carbocycles. The molecule has 0 rings (SSSR count). The van der Waals surface area contributed by atoms with E-state index in [1.165, 1.54) is 31.6 Å². The van der Waals surface area contributed by atoms with E-state index in [0.29, 0.717) is 0 Å². The summed E-state index contributed by atoms with van der Waals surface area (Å²) in [6.45, 7) is 5.93. The van der Waals surface area contributed by atoms with Crippen LogP contribution < -0.4 is 0 Å². The molecule has 0 aliphatic carbocycles. The van der Waals surface area contributed by atoms with Gasteiger partial charge in [-0.3, -0.25) is 0 Å². The van der Waals surface area contributed by atoms with E-state index < -0.39 is 0 Å². The van der Waals surface area contributed by atoms with Gasteiger partial charge in [-0.2, -0.15) is 0 Å². The zero-order chi connectivity index (χ0) is 6.95. The van der Waals surface area contributed by atoms with Gasteiger partial charge in [0.05, 0.1) is 0 Å². The summed E-state index contributed by atoms with van der Waals surface area (Å²) in [5.41, 5.74) is 0. The molecule has 0 radical (unpaired) electrons. The van der Waals surface area contributed by atoms with Crippen molar-refractivity contribution in [3.05, 3.63) is 12.7 Å². The molecule has 0 aromatic heterocycles. The van der Waals surface area contributed by atoms with E-state index in [4.69, 9.17) is 0 Å². The van der Waals surface area contributed by atoms with Crippen molar-refractivity contribution >= 4 is 46.3 Å². The topological polar surface area (TPSA) is 0 Å². The first-order chi connectivity index (χ1) is 4.41. The van der Waals surface area contributed by atoms with Gasteiger partial charge in [-0.15, -0.1) is 15.2 Å². The monoisotopic (exact) mass is 160 g/mol. The zero-order valence-corrected chi connectivity index (χ0v) is 7.32. The molecule has 1 unspecified atom stereocenters. The second-order valence-corrected chi connectivity index (χ2v) is 3.61. The molecule has 0 saturated heterocycles. The Morgan fingerprint density at radius 2 is 1.91 bits per heavy atom. The number of hydrogen-bond donors (Lipinski definition) is 0. The van der Waals surface area contributed by atoms with E-state index in [1.807, 2.05) is 6.08 Å². The third-order valence-corrected chi connectivity index (χ3v) is 2.53. The van der Waals surface area contributed by atoms with Crippen LogP contribution in [-0.2, 0) is 0 Å². The van der Waals surface area contributed by atoms with Gasteiger partial charge < -0.3 is 0 Å². The molecule has 0 heterocycles. The predicted octanol–water partition coefficient (Wildman–Crippen LogP) is 1.74. The van der Waals surface area contributed by atoms with Crippen molar-refractivity contribution in [2.75, 3.05) is 12.3 Å². The molecular weight excluding hydrogens is 141 g/mol. The number of allylic oxidation sites excluding steroid dienone is 1. The van der Waals surface area contributed by atoms with Gasteiger partial charge in [-0.1, -0.05) is 25.8 Å². The van der Waals surface area contributed by atoms with Crippen LogP contribution in [0.5, 0.6) is 0 Å². The van der Waals surface area contributed by atoms with Gasteiger partial charge in [-0.05, 0) is 18.7 Å². The Labute approximate surface area is 97.1 Å². The van der Waals surface area contributed by atoms with Crippen molar-refractivity contribution in [2.24, 2.45) is 0 Å². The van der Waals surface area contributed by atoms with Gasteiger partial charge in [0.2, 0.25) is 0 Å². The number of unbranched alkanes of at least 4 members (excludes halogenated alkanes) is 2. The molecule has 0 fully saturated rings. The molecule has 11 heavy (non-hydrogen) atoms. The van der Waals surface area contributed by atoms with E-state index in [2.05, 4.69) is 13.5 Å². The Bertz CT molecular complexity index is 67.1. The number of rotatable bonds is 6. The van der Waals surface area contributed by atoms with E-state index in [0.717, 1.165) is 8.58 Å². The van der Waals surface area contributed by atoms with Crippen molar-refractivity contribution in [1.82, 2.24) is 0 Å². The first-order valence-corrected chi connectivity index (χ1v) is 5.14. The molecular formula is C8H19Li2P. The molecule has 0 aliphatic rings. The standard InChI is InChI=1S/C8H17P.2Li.2H/c1-3-5-6-8-9-7-4-2;;;;/h4,9H,2-3,5-8H2,1H3;;;;. The van der Waals surface area contributed by atoms with Crippen molar-refractivity contribution in [3.63, 3.8) is 0 Å². The first kappa shape index (κ1) is 18.2. The van der Waals surface area contributed by atoms with Crippen molar-refractivity contribution in [1.29, 1.82) is 0 Å². The summed E-state index contributed by atoms with van der Waals surface area (Å²) in [4.78, 5) is 0. The van der Waals surface area contributed by atoms with E-state index in [-0.39, 0.29) is 37.7 Å². The second-order valence-electron chi connectivity index (χ2n) is 2.20. The van der Waals surface area contributed by atoms with Gasteiger partial charge in [0.15, 0.2) is 0 Å². The van der Waals surface area contributed by atoms with Crippen molar-refractivity contribution in [3.8, 4) is 0 Å². The normalized spacial score (nSPS) is 8.82. The molecule has 0 nitrogen and oxygen atoms in total. The quantitative estimate of drug-likeness (QED) is 0.240. The molecule has 0 N–H and O–H groups in total. The molecule has 0 spiro atoms. The molecule has 0 bridgehead atoms. The summed E-state index contributed by atoms with van der Waals surface area (Å²) in [5, 5.41) is 0. The maximum absolute atomic E-state index is 3.69. The van der Waals surface area contributed by atoms with E-state index >= 15 is 0 Å². The number of hydrogen-bond acceptors (Lipinski definition) is 0. The third kappa shape index (κ3) is 18.4. The fourth-order valence-corrected chi connectivity index (χ4v) is 1.61. The first-order valence-electron chi connectivity index (χ1n) is 3.73. The molecule has 0 aromatic rings. The summed E-state index contributed by atoms with van der Waals surface area (Å²) in [6.07, 6.45) is 8.83. The Kier molecular flexibility index (Phi) is 28.9. The predicted molar refractivity (Wildman–Crippen MR) is 62.1 cm³/mol. The third-order valence-electron chi connectivity index (χ3n) is 1.25. The van der Waals surface area contributed by atoms with Crippen LogP contribution in [0.2, 0.25) is 0 Å². The van der Waals surface area contributed by atoms with Gasteiger partial charge >= 0.3 is 37.7 Å². The van der Waals surface area contributed by atoms with Crippen LogP contribution in [0.4, 0.5) is 0 Å². The van der Waals surface area contributed by atoms with Crippen LogP contribution in [0.25, 0.3) is 0 Å². The Balaban J connectivity index is -0.000000320. The molecule has 1 atom stereocenters. The van der Waals surface area contributed by atoms with Crippen molar-refractivity contribution < 1.29 is 0 Å². The summed E-state index contributed by atoms with van der Waals surface area (Å²) in [7, 11) is 1.12. The summed E-state index contributed by atoms with van der Waals surface area (Å²) in [6, 6.07) is 0. The molecule has 58 valence electrons. The van der Waals surface area contributed by atoms with Crippen LogP contribution in [0.3, 0.4) is 0 Å². The Morgan fingerprint density at radius 1 is 1.27 bits per heavy atom. The van der Waals surface area contributed by atoms with Crippen LogP contribution in [0.15, 0.2) is 12.7 Å². The van der Waals surface area contributed by atoms with Gasteiger partial charge in [0.25, 0.3) is 0 Å².